The SMILES string of the molecule is CCCNC(C)c1ccc(Br)cc1N(C)CC(C)C. The number of nitrogens with one attached hydrogen (secondary N) is 1. The number of hydrogen-bond acceptors (Lipinski definition) is 2. The molecule has 0 spiro atoms. The van der Waals surface area contributed by atoms with Gasteiger partial charge in [0.25, 0.3) is 0 Å². The summed E-state index contributed by atoms with van der Waals surface area (Å²) in [6, 6.07) is 6.97. The second-order valence-electron chi connectivity index (χ2n) is 5.65. The highest BCUT2D eigenvalue weighted by atomic mass is 79.9. The molecule has 1 aromatic carbocycles. The predicted octanol–water partition coefficient (Wildman–Crippen LogP) is 4.60. The Morgan fingerprint density at radius 3 is 2.53 bits per heavy atom. The van der Waals surface area contributed by atoms with Gasteiger partial charge in [-0.05, 0) is 43.5 Å². The van der Waals surface area contributed by atoms with E-state index in [2.05, 4.69) is 79.1 Å². The molecule has 0 aromatic heterocycles. The molecule has 0 aliphatic rings. The maximum atomic E-state index is 3.59. The molecule has 0 amide bonds. The molecule has 108 valence electrons. The third-order valence-electron chi connectivity index (χ3n) is 3.21. The molecule has 19 heavy (non-hydrogen) atoms. The maximum absolute atomic E-state index is 3.59. The number of anilines is 1. The summed E-state index contributed by atoms with van der Waals surface area (Å²) in [7, 11) is 2.18. The average Bonchev–Trinajstić information content (AvgIpc) is 2.35. The zero-order valence-corrected chi connectivity index (χ0v) is 14.4. The minimum atomic E-state index is 0.387. The molecule has 3 heteroatoms. The Morgan fingerprint density at radius 2 is 1.95 bits per heavy atom. The second-order valence-corrected chi connectivity index (χ2v) is 6.57. The minimum Gasteiger partial charge on any atom is -0.374 e. The number of hydrogen-bond donors (Lipinski definition) is 1. The zero-order chi connectivity index (χ0) is 14.4. The van der Waals surface area contributed by atoms with E-state index in [1.807, 2.05) is 0 Å². The molecule has 1 unspecified atom stereocenters. The van der Waals surface area contributed by atoms with Crippen LogP contribution in [-0.2, 0) is 0 Å². The van der Waals surface area contributed by atoms with Crippen LogP contribution in [0.3, 0.4) is 0 Å². The van der Waals surface area contributed by atoms with Crippen molar-refractivity contribution in [3.05, 3.63) is 28.2 Å². The van der Waals surface area contributed by atoms with E-state index in [0.29, 0.717) is 12.0 Å². The Kier molecular flexibility index (Phi) is 6.87. The van der Waals surface area contributed by atoms with Gasteiger partial charge in [-0.2, -0.15) is 0 Å². The molecule has 0 aliphatic heterocycles. The molecule has 0 bridgehead atoms. The fourth-order valence-corrected chi connectivity index (χ4v) is 2.68. The highest BCUT2D eigenvalue weighted by Crippen LogP contribution is 2.29. The van der Waals surface area contributed by atoms with Gasteiger partial charge in [0.1, 0.15) is 0 Å². The van der Waals surface area contributed by atoms with E-state index >= 15 is 0 Å². The molecular weight excluding hydrogens is 300 g/mol. The predicted molar refractivity (Wildman–Crippen MR) is 89.0 cm³/mol. The largest absolute Gasteiger partial charge is 0.374 e. The van der Waals surface area contributed by atoms with Crippen LogP contribution < -0.4 is 10.2 Å². The van der Waals surface area contributed by atoms with E-state index in [1.54, 1.807) is 0 Å². The van der Waals surface area contributed by atoms with Crippen LogP contribution in [0.5, 0.6) is 0 Å². The van der Waals surface area contributed by atoms with Crippen LogP contribution in [0, 0.1) is 5.92 Å². The van der Waals surface area contributed by atoms with Gasteiger partial charge in [0.15, 0.2) is 0 Å². The minimum absolute atomic E-state index is 0.387. The van der Waals surface area contributed by atoms with Crippen LogP contribution >= 0.6 is 15.9 Å². The summed E-state index contributed by atoms with van der Waals surface area (Å²) in [5.41, 5.74) is 2.69. The van der Waals surface area contributed by atoms with Gasteiger partial charge in [-0.3, -0.25) is 0 Å². The molecule has 0 saturated heterocycles. The van der Waals surface area contributed by atoms with Crippen LogP contribution in [-0.4, -0.2) is 20.1 Å². The molecule has 1 atom stereocenters. The lowest BCUT2D eigenvalue weighted by Gasteiger charge is -2.27. The first-order valence-electron chi connectivity index (χ1n) is 7.19. The Labute approximate surface area is 126 Å². The number of benzene rings is 1. The first-order chi connectivity index (χ1) is 8.95. The third-order valence-corrected chi connectivity index (χ3v) is 3.70. The van der Waals surface area contributed by atoms with Gasteiger partial charge in [-0.25, -0.2) is 0 Å². The summed E-state index contributed by atoms with van der Waals surface area (Å²) in [5.74, 6) is 0.663. The van der Waals surface area contributed by atoms with Crippen molar-refractivity contribution in [1.29, 1.82) is 0 Å². The third kappa shape index (κ3) is 5.15. The van der Waals surface area contributed by atoms with Crippen molar-refractivity contribution in [3.63, 3.8) is 0 Å². The van der Waals surface area contributed by atoms with Crippen molar-refractivity contribution in [1.82, 2.24) is 5.32 Å². The normalized spacial score (nSPS) is 12.8. The number of halogens is 1. The van der Waals surface area contributed by atoms with Gasteiger partial charge in [0.2, 0.25) is 0 Å². The average molecular weight is 327 g/mol. The van der Waals surface area contributed by atoms with Crippen molar-refractivity contribution in [2.45, 2.75) is 40.2 Å². The molecule has 0 fully saturated rings. The highest BCUT2D eigenvalue weighted by molar-refractivity contribution is 9.10. The Morgan fingerprint density at radius 1 is 1.26 bits per heavy atom. The van der Waals surface area contributed by atoms with Gasteiger partial charge in [-0.1, -0.05) is 42.8 Å². The van der Waals surface area contributed by atoms with E-state index in [9.17, 15) is 0 Å². The molecule has 1 rings (SSSR count). The van der Waals surface area contributed by atoms with Gasteiger partial charge in [0, 0.05) is 29.8 Å². The van der Waals surface area contributed by atoms with Crippen LogP contribution in [0.1, 0.15) is 45.7 Å². The fraction of sp³-hybridized carbons (Fsp3) is 0.625. The van der Waals surface area contributed by atoms with Crippen LogP contribution in [0.2, 0.25) is 0 Å². The Bertz CT molecular complexity index is 390. The highest BCUT2D eigenvalue weighted by Gasteiger charge is 2.14. The molecule has 1 N–H and O–H groups in total. The zero-order valence-electron chi connectivity index (χ0n) is 12.8. The summed E-state index contributed by atoms with van der Waals surface area (Å²) in [5, 5.41) is 3.57. The summed E-state index contributed by atoms with van der Waals surface area (Å²) in [4.78, 5) is 2.36. The topological polar surface area (TPSA) is 15.3 Å². The molecular formula is C16H27BrN2. The van der Waals surface area contributed by atoms with E-state index in [0.717, 1.165) is 24.0 Å². The monoisotopic (exact) mass is 326 g/mol. The molecule has 0 saturated carbocycles. The van der Waals surface area contributed by atoms with E-state index in [1.165, 1.54) is 11.3 Å². The quantitative estimate of drug-likeness (QED) is 0.787. The van der Waals surface area contributed by atoms with Gasteiger partial charge >= 0.3 is 0 Å². The van der Waals surface area contributed by atoms with Crippen molar-refractivity contribution in [3.8, 4) is 0 Å². The van der Waals surface area contributed by atoms with Gasteiger partial charge < -0.3 is 10.2 Å². The lowest BCUT2D eigenvalue weighted by Crippen LogP contribution is -2.26. The molecule has 1 aromatic rings. The molecule has 2 nitrogen and oxygen atoms in total. The van der Waals surface area contributed by atoms with E-state index in [4.69, 9.17) is 0 Å². The van der Waals surface area contributed by atoms with Crippen LogP contribution in [0.4, 0.5) is 5.69 Å². The van der Waals surface area contributed by atoms with Crippen molar-refractivity contribution < 1.29 is 0 Å². The Hall–Kier alpha value is -0.540. The number of nitrogens with zero attached hydrogens (tertiary/aromatic N) is 1. The van der Waals surface area contributed by atoms with Gasteiger partial charge in [0.05, 0.1) is 0 Å². The van der Waals surface area contributed by atoms with Gasteiger partial charge in [-0.15, -0.1) is 0 Å². The summed E-state index contributed by atoms with van der Waals surface area (Å²) >= 11 is 3.59. The van der Waals surface area contributed by atoms with Crippen molar-refractivity contribution in [2.24, 2.45) is 5.92 Å². The summed E-state index contributed by atoms with van der Waals surface area (Å²) in [6.07, 6.45) is 1.16. The second kappa shape index (κ2) is 7.91. The van der Waals surface area contributed by atoms with Crippen molar-refractivity contribution >= 4 is 21.6 Å². The molecule has 0 heterocycles. The smallest absolute Gasteiger partial charge is 0.0423 e. The van der Waals surface area contributed by atoms with E-state index < -0.39 is 0 Å². The maximum Gasteiger partial charge on any atom is 0.0423 e. The van der Waals surface area contributed by atoms with Crippen molar-refractivity contribution in [2.75, 3.05) is 25.0 Å². The van der Waals surface area contributed by atoms with E-state index in [-0.39, 0.29) is 0 Å². The molecule has 0 radical (unpaired) electrons. The first kappa shape index (κ1) is 16.5. The number of rotatable bonds is 7. The Balaban J connectivity index is 2.96. The lowest BCUT2D eigenvalue weighted by molar-refractivity contribution is 0.567. The standard InChI is InChI=1S/C16H27BrN2/c1-6-9-18-13(4)15-8-7-14(17)10-16(15)19(5)11-12(2)3/h7-8,10,12-13,18H,6,9,11H2,1-5H3. The van der Waals surface area contributed by atoms with Crippen LogP contribution in [0.15, 0.2) is 22.7 Å². The molecule has 0 aliphatic carbocycles. The lowest BCUT2D eigenvalue weighted by atomic mass is 10.0. The summed E-state index contributed by atoms with van der Waals surface area (Å²) in [6.45, 7) is 11.1. The first-order valence-corrected chi connectivity index (χ1v) is 7.99. The fourth-order valence-electron chi connectivity index (χ4n) is 2.33. The van der Waals surface area contributed by atoms with Crippen LogP contribution in [0.25, 0.3) is 0 Å². The summed E-state index contributed by atoms with van der Waals surface area (Å²) < 4.78 is 1.14.